The Morgan fingerprint density at radius 3 is 2.67 bits per heavy atom. The fourth-order valence-corrected chi connectivity index (χ4v) is 2.60. The summed E-state index contributed by atoms with van der Waals surface area (Å²) in [5, 5.41) is 7.92. The van der Waals surface area contributed by atoms with Gasteiger partial charge in [-0.2, -0.15) is 8.78 Å². The first-order valence-electron chi connectivity index (χ1n) is 8.24. The zero-order valence-electron chi connectivity index (χ0n) is 14.0. The van der Waals surface area contributed by atoms with Gasteiger partial charge in [0.1, 0.15) is 11.3 Å². The third-order valence-electron chi connectivity index (χ3n) is 3.91. The summed E-state index contributed by atoms with van der Waals surface area (Å²) in [6.07, 6.45) is 1.03. The van der Waals surface area contributed by atoms with E-state index >= 15 is 0 Å². The molecule has 4 aromatic rings. The molecule has 0 fully saturated rings. The Balaban J connectivity index is 1.40. The Labute approximate surface area is 152 Å². The maximum atomic E-state index is 12.5. The van der Waals surface area contributed by atoms with Crippen molar-refractivity contribution in [3.8, 4) is 17.2 Å². The largest absolute Gasteiger partial charge is 0.491 e. The fraction of sp³-hybridized carbons (Fsp3) is 0.158. The number of rotatable bonds is 6. The average Bonchev–Trinajstić information content (AvgIpc) is 3.19. The summed E-state index contributed by atoms with van der Waals surface area (Å²) in [6.45, 7) is 0.429. The fourth-order valence-electron chi connectivity index (χ4n) is 2.60. The second-order valence-corrected chi connectivity index (χ2v) is 5.71. The van der Waals surface area contributed by atoms with E-state index in [0.717, 1.165) is 22.3 Å². The molecule has 3 heterocycles. The molecule has 0 bridgehead atoms. The first kappa shape index (κ1) is 17.0. The van der Waals surface area contributed by atoms with Crippen molar-refractivity contribution in [1.82, 2.24) is 20.2 Å². The topological polar surface area (TPSA) is 73.9 Å². The highest BCUT2D eigenvalue weighted by Gasteiger charge is 2.17. The summed E-state index contributed by atoms with van der Waals surface area (Å²) >= 11 is 0. The molecule has 0 aliphatic carbocycles. The van der Waals surface area contributed by atoms with Crippen molar-refractivity contribution in [2.75, 3.05) is 6.61 Å². The number of pyridine rings is 2. The molecule has 0 saturated carbocycles. The van der Waals surface area contributed by atoms with E-state index in [4.69, 9.17) is 9.15 Å². The maximum absolute atomic E-state index is 12.5. The summed E-state index contributed by atoms with van der Waals surface area (Å²) in [7, 11) is 0. The van der Waals surface area contributed by atoms with Gasteiger partial charge in [-0.25, -0.2) is 0 Å². The number of para-hydroxylation sites is 1. The van der Waals surface area contributed by atoms with Crippen molar-refractivity contribution in [2.24, 2.45) is 0 Å². The third-order valence-corrected chi connectivity index (χ3v) is 3.91. The lowest BCUT2D eigenvalue weighted by Gasteiger charge is -2.08. The number of halogens is 2. The van der Waals surface area contributed by atoms with Crippen LogP contribution in [0.3, 0.4) is 0 Å². The van der Waals surface area contributed by atoms with E-state index in [9.17, 15) is 8.78 Å². The summed E-state index contributed by atoms with van der Waals surface area (Å²) in [4.78, 5) is 8.64. The molecule has 1 aromatic carbocycles. The van der Waals surface area contributed by atoms with Crippen LogP contribution in [0.4, 0.5) is 8.78 Å². The lowest BCUT2D eigenvalue weighted by Crippen LogP contribution is -2.03. The molecule has 0 atom stereocenters. The van der Waals surface area contributed by atoms with Crippen LogP contribution >= 0.6 is 0 Å². The molecule has 0 unspecified atom stereocenters. The van der Waals surface area contributed by atoms with Crippen molar-refractivity contribution >= 4 is 10.9 Å². The van der Waals surface area contributed by atoms with Gasteiger partial charge in [-0.3, -0.25) is 9.97 Å². The van der Waals surface area contributed by atoms with E-state index in [1.807, 2.05) is 30.3 Å². The molecule has 8 heteroatoms. The normalized spacial score (nSPS) is 11.2. The van der Waals surface area contributed by atoms with Crippen molar-refractivity contribution < 1.29 is 17.9 Å². The van der Waals surface area contributed by atoms with Gasteiger partial charge in [0.2, 0.25) is 5.89 Å². The number of hydrogen-bond acceptors (Lipinski definition) is 6. The van der Waals surface area contributed by atoms with Crippen LogP contribution < -0.4 is 4.74 Å². The minimum atomic E-state index is -2.79. The molecule has 0 saturated heterocycles. The van der Waals surface area contributed by atoms with Crippen molar-refractivity contribution in [3.05, 3.63) is 66.4 Å². The first-order valence-corrected chi connectivity index (χ1v) is 8.24. The van der Waals surface area contributed by atoms with Crippen LogP contribution in [0.5, 0.6) is 5.75 Å². The molecular weight excluding hydrogens is 354 g/mol. The molecule has 0 N–H and O–H groups in total. The maximum Gasteiger partial charge on any atom is 0.314 e. The second-order valence-electron chi connectivity index (χ2n) is 5.71. The Morgan fingerprint density at radius 2 is 1.89 bits per heavy atom. The van der Waals surface area contributed by atoms with Gasteiger partial charge in [0, 0.05) is 29.9 Å². The molecule has 0 spiro atoms. The Morgan fingerprint density at radius 1 is 1.00 bits per heavy atom. The highest BCUT2D eigenvalue weighted by atomic mass is 19.3. The molecular formula is C19H14F2N4O2. The highest BCUT2D eigenvalue weighted by molar-refractivity contribution is 5.84. The Hall–Kier alpha value is -3.42. The summed E-state index contributed by atoms with van der Waals surface area (Å²) in [5.74, 6) is 0.0312. The van der Waals surface area contributed by atoms with Gasteiger partial charge < -0.3 is 9.15 Å². The van der Waals surface area contributed by atoms with Gasteiger partial charge in [-0.05, 0) is 24.3 Å². The van der Waals surface area contributed by atoms with E-state index in [2.05, 4.69) is 20.2 Å². The predicted octanol–water partition coefficient (Wildman–Crippen LogP) is 4.24. The standard InChI is InChI=1S/C19H14F2N4O2/c20-17(21)19-25-24-18(27-19)13-6-7-14(23-11-13)8-10-26-15-5-1-3-12-4-2-9-22-16(12)15/h1-7,9,11,17H,8,10H2. The molecule has 0 aliphatic rings. The molecule has 136 valence electrons. The number of hydrogen-bond donors (Lipinski definition) is 0. The van der Waals surface area contributed by atoms with E-state index < -0.39 is 12.3 Å². The lowest BCUT2D eigenvalue weighted by molar-refractivity contribution is 0.116. The quantitative estimate of drug-likeness (QED) is 0.507. The zero-order chi connectivity index (χ0) is 18.6. The second kappa shape index (κ2) is 7.45. The van der Waals surface area contributed by atoms with E-state index in [1.54, 1.807) is 18.3 Å². The average molecular weight is 368 g/mol. The van der Waals surface area contributed by atoms with Gasteiger partial charge >= 0.3 is 6.43 Å². The molecule has 4 rings (SSSR count). The predicted molar refractivity (Wildman–Crippen MR) is 93.4 cm³/mol. The minimum absolute atomic E-state index is 0.0161. The van der Waals surface area contributed by atoms with Gasteiger partial charge in [0.05, 0.1) is 12.2 Å². The SMILES string of the molecule is FC(F)c1nnc(-c2ccc(CCOc3cccc4cccnc34)nc2)o1. The monoisotopic (exact) mass is 368 g/mol. The number of aromatic nitrogens is 4. The number of benzene rings is 1. The number of nitrogens with zero attached hydrogens (tertiary/aromatic N) is 4. The van der Waals surface area contributed by atoms with Crippen molar-refractivity contribution in [1.29, 1.82) is 0 Å². The Kier molecular flexibility index (Phi) is 4.69. The molecule has 6 nitrogen and oxygen atoms in total. The van der Waals surface area contributed by atoms with Crippen molar-refractivity contribution in [3.63, 3.8) is 0 Å². The molecule has 0 aliphatic heterocycles. The molecule has 0 radical (unpaired) electrons. The van der Waals surface area contributed by atoms with E-state index in [0.29, 0.717) is 18.6 Å². The van der Waals surface area contributed by atoms with E-state index in [1.165, 1.54) is 6.20 Å². The van der Waals surface area contributed by atoms with Gasteiger partial charge in [-0.1, -0.05) is 18.2 Å². The molecule has 3 aromatic heterocycles. The van der Waals surface area contributed by atoms with Crippen LogP contribution in [0.25, 0.3) is 22.4 Å². The summed E-state index contributed by atoms with van der Waals surface area (Å²) < 4.78 is 35.8. The lowest BCUT2D eigenvalue weighted by atomic mass is 10.2. The van der Waals surface area contributed by atoms with E-state index in [-0.39, 0.29) is 5.89 Å². The van der Waals surface area contributed by atoms with Crippen LogP contribution in [0, 0.1) is 0 Å². The first-order chi connectivity index (χ1) is 13.2. The number of alkyl halides is 2. The molecule has 0 amide bonds. The third kappa shape index (κ3) is 3.74. The smallest absolute Gasteiger partial charge is 0.314 e. The van der Waals surface area contributed by atoms with Gasteiger partial charge in [0.25, 0.3) is 5.89 Å². The Bertz CT molecular complexity index is 1050. The molecule has 27 heavy (non-hydrogen) atoms. The van der Waals surface area contributed by atoms with Crippen LogP contribution in [0.1, 0.15) is 18.0 Å². The summed E-state index contributed by atoms with van der Waals surface area (Å²) in [6, 6.07) is 13.1. The summed E-state index contributed by atoms with van der Waals surface area (Å²) in [5.41, 5.74) is 2.09. The highest BCUT2D eigenvalue weighted by Crippen LogP contribution is 2.24. The van der Waals surface area contributed by atoms with Crippen LogP contribution in [-0.4, -0.2) is 26.8 Å². The van der Waals surface area contributed by atoms with Gasteiger partial charge in [0.15, 0.2) is 0 Å². The number of fused-ring (bicyclic) bond motifs is 1. The van der Waals surface area contributed by atoms with Gasteiger partial charge in [-0.15, -0.1) is 10.2 Å². The van der Waals surface area contributed by atoms with Crippen LogP contribution in [-0.2, 0) is 6.42 Å². The van der Waals surface area contributed by atoms with Crippen LogP contribution in [0.2, 0.25) is 0 Å². The van der Waals surface area contributed by atoms with Crippen molar-refractivity contribution in [2.45, 2.75) is 12.8 Å². The van der Waals surface area contributed by atoms with Crippen LogP contribution in [0.15, 0.2) is 59.3 Å². The zero-order valence-corrected chi connectivity index (χ0v) is 14.0. The number of ether oxygens (including phenoxy) is 1. The minimum Gasteiger partial charge on any atom is -0.491 e.